The summed E-state index contributed by atoms with van der Waals surface area (Å²) in [5, 5.41) is 11.1. The summed E-state index contributed by atoms with van der Waals surface area (Å²) in [6, 6.07) is 7.83. The van der Waals surface area contributed by atoms with E-state index in [0.29, 0.717) is 12.4 Å². The van der Waals surface area contributed by atoms with Gasteiger partial charge in [0.05, 0.1) is 19.4 Å². The van der Waals surface area contributed by atoms with Crippen molar-refractivity contribution in [2.75, 3.05) is 19.0 Å². The Hall–Kier alpha value is -3.28. The number of terminal acetylenes is 1. The molecule has 0 bridgehead atoms. The maximum atomic E-state index is 6.09. The standard InChI is InChI=1S/C21H23N5O3/c1-4-5-17(27-3)10-14-11-20(28-12-14)18-21(20,29-18)24-16-8-6-15(7-9-16)13(2)25-26-19(22)23/h1,5-10,18,24H,11-12H2,2-3H3,(H4,22,23,26)/b14-10-,17-5+,25-13+. The van der Waals surface area contributed by atoms with Gasteiger partial charge in [-0.1, -0.05) is 18.1 Å². The molecule has 0 aromatic heterocycles. The first-order chi connectivity index (χ1) is 13.9. The molecule has 2 heterocycles. The first-order valence-corrected chi connectivity index (χ1v) is 9.17. The summed E-state index contributed by atoms with van der Waals surface area (Å²) >= 11 is 0. The Kier molecular flexibility index (Phi) is 4.57. The average molecular weight is 393 g/mol. The molecule has 3 atom stereocenters. The summed E-state index contributed by atoms with van der Waals surface area (Å²) in [4.78, 5) is 0. The highest BCUT2D eigenvalue weighted by Gasteiger charge is 2.96. The summed E-state index contributed by atoms with van der Waals surface area (Å²) in [5.41, 5.74) is 13.5. The molecular weight excluding hydrogens is 370 g/mol. The second-order valence-electron chi connectivity index (χ2n) is 7.22. The number of epoxide rings is 1. The zero-order valence-corrected chi connectivity index (χ0v) is 16.3. The van der Waals surface area contributed by atoms with Gasteiger partial charge in [0.2, 0.25) is 11.7 Å². The Bertz CT molecular complexity index is 985. The zero-order chi connectivity index (χ0) is 20.6. The van der Waals surface area contributed by atoms with E-state index in [2.05, 4.69) is 21.4 Å². The zero-order valence-electron chi connectivity index (χ0n) is 16.3. The van der Waals surface area contributed by atoms with Gasteiger partial charge in [0.15, 0.2) is 5.60 Å². The van der Waals surface area contributed by atoms with Gasteiger partial charge in [-0.25, -0.2) is 0 Å². The van der Waals surface area contributed by atoms with Gasteiger partial charge in [0.1, 0.15) is 11.9 Å². The Morgan fingerprint density at radius 2 is 2.10 bits per heavy atom. The van der Waals surface area contributed by atoms with Gasteiger partial charge < -0.3 is 31.0 Å². The van der Waals surface area contributed by atoms with Gasteiger partial charge in [0, 0.05) is 18.2 Å². The number of anilines is 1. The van der Waals surface area contributed by atoms with Crippen molar-refractivity contribution in [2.24, 2.45) is 21.7 Å². The summed E-state index contributed by atoms with van der Waals surface area (Å²) in [6.45, 7) is 2.38. The number of nitrogens with zero attached hydrogens (tertiary/aromatic N) is 2. The molecule has 5 N–H and O–H groups in total. The monoisotopic (exact) mass is 393 g/mol. The van der Waals surface area contributed by atoms with E-state index in [9.17, 15) is 0 Å². The van der Waals surface area contributed by atoms with Crippen LogP contribution >= 0.6 is 0 Å². The van der Waals surface area contributed by atoms with Gasteiger partial charge in [-0.05, 0) is 36.3 Å². The maximum Gasteiger partial charge on any atom is 0.211 e. The molecule has 8 heteroatoms. The van der Waals surface area contributed by atoms with Crippen LogP contribution in [0.2, 0.25) is 0 Å². The van der Waals surface area contributed by atoms with Gasteiger partial charge in [-0.2, -0.15) is 5.10 Å². The van der Waals surface area contributed by atoms with Crippen LogP contribution in [0.4, 0.5) is 5.69 Å². The van der Waals surface area contributed by atoms with E-state index in [4.69, 9.17) is 32.1 Å². The molecule has 1 aromatic rings. The van der Waals surface area contributed by atoms with Crippen molar-refractivity contribution >= 4 is 17.4 Å². The fraction of sp³-hybridized carbons (Fsp3) is 0.333. The van der Waals surface area contributed by atoms with Crippen molar-refractivity contribution in [1.29, 1.82) is 0 Å². The van der Waals surface area contributed by atoms with Crippen molar-refractivity contribution in [2.45, 2.75) is 30.8 Å². The largest absolute Gasteiger partial charge is 0.496 e. The van der Waals surface area contributed by atoms with Crippen LogP contribution in [-0.2, 0) is 14.2 Å². The number of allylic oxidation sites excluding steroid dienone is 2. The van der Waals surface area contributed by atoms with Crippen LogP contribution in [0.5, 0.6) is 0 Å². The Labute approximate surface area is 169 Å². The van der Waals surface area contributed by atoms with Crippen LogP contribution in [0.3, 0.4) is 0 Å². The molecule has 1 aromatic carbocycles. The predicted molar refractivity (Wildman–Crippen MR) is 111 cm³/mol. The highest BCUT2D eigenvalue weighted by Crippen LogP contribution is 2.73. The molecule has 1 spiro atoms. The number of methoxy groups -OCH3 is 1. The first kappa shape index (κ1) is 19.1. The second kappa shape index (κ2) is 6.95. The lowest BCUT2D eigenvalue weighted by atomic mass is 10.1. The molecule has 2 aliphatic heterocycles. The third kappa shape index (κ3) is 3.24. The number of fused-ring (bicyclic) bond motifs is 3. The number of guanidine groups is 1. The highest BCUT2D eigenvalue weighted by atomic mass is 16.7. The van der Waals surface area contributed by atoms with E-state index in [1.54, 1.807) is 13.2 Å². The smallest absolute Gasteiger partial charge is 0.211 e. The maximum absolute atomic E-state index is 6.09. The summed E-state index contributed by atoms with van der Waals surface area (Å²) in [5.74, 6) is 3.05. The van der Waals surface area contributed by atoms with Gasteiger partial charge >= 0.3 is 0 Å². The molecule has 2 saturated heterocycles. The SMILES string of the molecule is C#C/C=C(\C=C1/COC2(C1)C1OC12Nc1ccc(/C(C)=N/N=C(N)N)cc1)OC. The number of ether oxygens (including phenoxy) is 3. The number of hydrogen-bond acceptors (Lipinski definition) is 6. The van der Waals surface area contributed by atoms with E-state index in [-0.39, 0.29) is 17.7 Å². The average Bonchev–Trinajstić information content (AvgIpc) is 3.48. The van der Waals surface area contributed by atoms with Crippen molar-refractivity contribution in [3.63, 3.8) is 0 Å². The van der Waals surface area contributed by atoms with Gasteiger partial charge in [-0.15, -0.1) is 11.5 Å². The number of nitrogens with two attached hydrogens (primary N) is 2. The lowest BCUT2D eigenvalue weighted by Crippen LogP contribution is -2.34. The van der Waals surface area contributed by atoms with Crippen LogP contribution in [-0.4, -0.2) is 42.8 Å². The van der Waals surface area contributed by atoms with Gasteiger partial charge in [-0.3, -0.25) is 0 Å². The molecule has 1 saturated carbocycles. The fourth-order valence-electron chi connectivity index (χ4n) is 3.74. The van der Waals surface area contributed by atoms with Gasteiger partial charge in [0.25, 0.3) is 0 Å². The molecule has 150 valence electrons. The molecule has 8 nitrogen and oxygen atoms in total. The van der Waals surface area contributed by atoms with Crippen molar-refractivity contribution in [3.8, 4) is 12.3 Å². The van der Waals surface area contributed by atoms with Crippen LogP contribution < -0.4 is 16.8 Å². The predicted octanol–water partition coefficient (Wildman–Crippen LogP) is 1.45. The first-order valence-electron chi connectivity index (χ1n) is 9.17. The minimum Gasteiger partial charge on any atom is -0.496 e. The Balaban J connectivity index is 1.42. The molecule has 4 rings (SSSR count). The van der Waals surface area contributed by atoms with Crippen LogP contribution in [0.1, 0.15) is 18.9 Å². The minimum absolute atomic E-state index is 0.0494. The molecule has 0 amide bonds. The third-order valence-electron chi connectivity index (χ3n) is 5.35. The van der Waals surface area contributed by atoms with Crippen molar-refractivity contribution in [3.05, 3.63) is 53.3 Å². The van der Waals surface area contributed by atoms with E-state index >= 15 is 0 Å². The molecule has 29 heavy (non-hydrogen) atoms. The molecular formula is C21H23N5O3. The van der Waals surface area contributed by atoms with E-state index in [1.807, 2.05) is 37.3 Å². The second-order valence-corrected chi connectivity index (χ2v) is 7.22. The number of hydrogen-bond donors (Lipinski definition) is 3. The molecule has 1 aliphatic carbocycles. The Morgan fingerprint density at radius 3 is 2.72 bits per heavy atom. The topological polar surface area (TPSA) is 120 Å². The van der Waals surface area contributed by atoms with E-state index in [0.717, 1.165) is 29.0 Å². The summed E-state index contributed by atoms with van der Waals surface area (Å²) < 4.78 is 17.2. The normalized spacial score (nSPS) is 31.2. The minimum atomic E-state index is -0.464. The lowest BCUT2D eigenvalue weighted by Gasteiger charge is -2.21. The number of rotatable bonds is 6. The van der Waals surface area contributed by atoms with Crippen LogP contribution in [0, 0.1) is 12.3 Å². The quantitative estimate of drug-likeness (QED) is 0.168. The summed E-state index contributed by atoms with van der Waals surface area (Å²) in [7, 11) is 1.60. The molecule has 3 unspecified atom stereocenters. The highest BCUT2D eigenvalue weighted by molar-refractivity contribution is 5.99. The fourth-order valence-corrected chi connectivity index (χ4v) is 3.74. The number of nitrogens with one attached hydrogen (secondary N) is 1. The third-order valence-corrected chi connectivity index (χ3v) is 5.35. The lowest BCUT2D eigenvalue weighted by molar-refractivity contribution is -0.0485. The van der Waals surface area contributed by atoms with Crippen LogP contribution in [0.25, 0.3) is 0 Å². The van der Waals surface area contributed by atoms with E-state index in [1.165, 1.54) is 0 Å². The molecule has 3 aliphatic rings. The number of benzene rings is 1. The van der Waals surface area contributed by atoms with Crippen LogP contribution in [0.15, 0.2) is 58.0 Å². The molecule has 3 fully saturated rings. The van der Waals surface area contributed by atoms with Crippen molar-refractivity contribution < 1.29 is 14.2 Å². The van der Waals surface area contributed by atoms with E-state index < -0.39 is 5.72 Å². The Morgan fingerprint density at radius 1 is 1.34 bits per heavy atom. The molecule has 0 radical (unpaired) electrons. The van der Waals surface area contributed by atoms with Crippen molar-refractivity contribution in [1.82, 2.24) is 0 Å². The summed E-state index contributed by atoms with van der Waals surface area (Å²) in [6.07, 6.45) is 9.68.